The van der Waals surface area contributed by atoms with E-state index in [9.17, 15) is 0 Å². The zero-order valence-electron chi connectivity index (χ0n) is 8.94. The van der Waals surface area contributed by atoms with Crippen molar-refractivity contribution in [1.29, 1.82) is 0 Å². The number of benzene rings is 1. The highest BCUT2D eigenvalue weighted by atomic mass is 16.5. The Kier molecular flexibility index (Phi) is 2.03. The highest BCUT2D eigenvalue weighted by molar-refractivity contribution is 5.38. The van der Waals surface area contributed by atoms with Crippen molar-refractivity contribution in [3.63, 3.8) is 0 Å². The number of fused-ring (bicyclic) bond motifs is 3. The summed E-state index contributed by atoms with van der Waals surface area (Å²) in [7, 11) is 1.77. The number of rotatable bonds is 1. The minimum Gasteiger partial charge on any atom is -0.499 e. The summed E-state index contributed by atoms with van der Waals surface area (Å²) in [5.74, 6) is 1.11. The van der Waals surface area contributed by atoms with Gasteiger partial charge in [0.05, 0.1) is 13.2 Å². The largest absolute Gasteiger partial charge is 0.499 e. The number of hydrogen-bond donors (Lipinski definition) is 0. The van der Waals surface area contributed by atoms with E-state index < -0.39 is 0 Å². The Hall–Kier alpha value is -1.28. The van der Waals surface area contributed by atoms with Gasteiger partial charge in [-0.15, -0.1) is 0 Å². The van der Waals surface area contributed by atoms with Crippen molar-refractivity contribution in [2.75, 3.05) is 20.2 Å². The van der Waals surface area contributed by atoms with Crippen LogP contribution >= 0.6 is 0 Å². The zero-order valence-corrected chi connectivity index (χ0v) is 8.94. The highest BCUT2D eigenvalue weighted by Crippen LogP contribution is 2.38. The van der Waals surface area contributed by atoms with Crippen LogP contribution in [0.3, 0.4) is 0 Å². The Morgan fingerprint density at radius 3 is 3.07 bits per heavy atom. The van der Waals surface area contributed by atoms with Crippen LogP contribution in [0.5, 0.6) is 0 Å². The van der Waals surface area contributed by atoms with Crippen molar-refractivity contribution in [3.8, 4) is 0 Å². The quantitative estimate of drug-likeness (QED) is 0.690. The van der Waals surface area contributed by atoms with Crippen molar-refractivity contribution in [2.45, 2.75) is 12.5 Å². The molecule has 1 atom stereocenters. The van der Waals surface area contributed by atoms with Crippen LogP contribution in [0.15, 0.2) is 36.1 Å². The molecule has 15 heavy (non-hydrogen) atoms. The summed E-state index contributed by atoms with van der Waals surface area (Å²) in [6, 6.07) is 9.08. The average molecular weight is 201 g/mol. The molecule has 2 nitrogen and oxygen atoms in total. The third-order valence-electron chi connectivity index (χ3n) is 3.42. The predicted molar refractivity (Wildman–Crippen MR) is 59.6 cm³/mol. The van der Waals surface area contributed by atoms with Gasteiger partial charge in [-0.25, -0.2) is 0 Å². The molecule has 1 aromatic carbocycles. The van der Waals surface area contributed by atoms with Crippen molar-refractivity contribution >= 4 is 0 Å². The third kappa shape index (κ3) is 1.29. The fourth-order valence-electron chi connectivity index (χ4n) is 2.66. The Bertz CT molecular complexity index is 411. The first-order valence-electron chi connectivity index (χ1n) is 5.46. The van der Waals surface area contributed by atoms with E-state index in [-0.39, 0.29) is 0 Å². The lowest BCUT2D eigenvalue weighted by molar-refractivity contribution is 0.181. The first-order chi connectivity index (χ1) is 7.40. The van der Waals surface area contributed by atoms with Gasteiger partial charge in [-0.3, -0.25) is 4.90 Å². The van der Waals surface area contributed by atoms with Crippen LogP contribution in [0.4, 0.5) is 0 Å². The monoisotopic (exact) mass is 201 g/mol. The smallest absolute Gasteiger partial charge is 0.115 e. The number of nitrogens with zero attached hydrogens (tertiary/aromatic N) is 1. The fourth-order valence-corrected chi connectivity index (χ4v) is 2.66. The first-order valence-corrected chi connectivity index (χ1v) is 5.46. The van der Waals surface area contributed by atoms with Gasteiger partial charge in [0.1, 0.15) is 5.76 Å². The second-order valence-electron chi connectivity index (χ2n) is 4.16. The van der Waals surface area contributed by atoms with Crippen LogP contribution in [-0.4, -0.2) is 25.1 Å². The molecule has 1 aromatic rings. The van der Waals surface area contributed by atoms with Crippen LogP contribution in [0.1, 0.15) is 17.2 Å². The molecule has 3 rings (SSSR count). The van der Waals surface area contributed by atoms with Crippen molar-refractivity contribution < 1.29 is 4.74 Å². The SMILES string of the molecule is COC1=CCN2CCc3ccccc3C12. The van der Waals surface area contributed by atoms with Crippen LogP contribution in [0.25, 0.3) is 0 Å². The van der Waals surface area contributed by atoms with Gasteiger partial charge in [-0.1, -0.05) is 24.3 Å². The number of hydrogen-bond acceptors (Lipinski definition) is 2. The fraction of sp³-hybridized carbons (Fsp3) is 0.385. The van der Waals surface area contributed by atoms with E-state index in [1.807, 2.05) is 0 Å². The van der Waals surface area contributed by atoms with Gasteiger partial charge >= 0.3 is 0 Å². The molecule has 2 heterocycles. The molecule has 0 aliphatic carbocycles. The van der Waals surface area contributed by atoms with Crippen LogP contribution < -0.4 is 0 Å². The maximum Gasteiger partial charge on any atom is 0.115 e. The van der Waals surface area contributed by atoms with E-state index in [1.165, 1.54) is 11.1 Å². The highest BCUT2D eigenvalue weighted by Gasteiger charge is 2.33. The predicted octanol–water partition coefficient (Wildman–Crippen LogP) is 2.13. The molecule has 78 valence electrons. The van der Waals surface area contributed by atoms with Crippen LogP contribution in [-0.2, 0) is 11.2 Å². The van der Waals surface area contributed by atoms with Gasteiger partial charge in [0, 0.05) is 13.1 Å². The summed E-state index contributed by atoms with van der Waals surface area (Å²) < 4.78 is 5.46. The van der Waals surface area contributed by atoms with Crippen LogP contribution in [0.2, 0.25) is 0 Å². The standard InChI is InChI=1S/C13H15NO/c1-15-12-7-9-14-8-6-10-4-2-3-5-11(10)13(12)14/h2-5,7,13H,6,8-9H2,1H3. The molecular formula is C13H15NO. The molecule has 2 aliphatic heterocycles. The van der Waals surface area contributed by atoms with Crippen molar-refractivity contribution in [2.24, 2.45) is 0 Å². The molecule has 0 N–H and O–H groups in total. The van der Waals surface area contributed by atoms with E-state index in [0.29, 0.717) is 6.04 Å². The van der Waals surface area contributed by atoms with E-state index in [0.717, 1.165) is 25.3 Å². The summed E-state index contributed by atoms with van der Waals surface area (Å²) in [6.07, 6.45) is 3.37. The Morgan fingerprint density at radius 1 is 1.33 bits per heavy atom. The summed E-state index contributed by atoms with van der Waals surface area (Å²) >= 11 is 0. The van der Waals surface area contributed by atoms with Crippen molar-refractivity contribution in [1.82, 2.24) is 4.90 Å². The Labute approximate surface area is 90.2 Å². The number of methoxy groups -OCH3 is 1. The molecule has 0 radical (unpaired) electrons. The zero-order chi connectivity index (χ0) is 10.3. The van der Waals surface area contributed by atoms with E-state index in [4.69, 9.17) is 4.74 Å². The topological polar surface area (TPSA) is 12.5 Å². The molecule has 0 spiro atoms. The maximum atomic E-state index is 5.46. The van der Waals surface area contributed by atoms with Gasteiger partial charge in [0.25, 0.3) is 0 Å². The second kappa shape index (κ2) is 3.38. The molecule has 0 amide bonds. The molecule has 2 aliphatic rings. The minimum absolute atomic E-state index is 0.375. The Morgan fingerprint density at radius 2 is 2.20 bits per heavy atom. The van der Waals surface area contributed by atoms with Gasteiger partial charge in [-0.05, 0) is 23.6 Å². The maximum absolute atomic E-state index is 5.46. The molecular weight excluding hydrogens is 186 g/mol. The summed E-state index contributed by atoms with van der Waals surface area (Å²) in [5.41, 5.74) is 2.90. The van der Waals surface area contributed by atoms with Gasteiger partial charge in [-0.2, -0.15) is 0 Å². The van der Waals surface area contributed by atoms with Gasteiger partial charge in [0.15, 0.2) is 0 Å². The first kappa shape index (κ1) is 8.98. The molecule has 2 heteroatoms. The summed E-state index contributed by atoms with van der Waals surface area (Å²) in [6.45, 7) is 2.17. The van der Waals surface area contributed by atoms with E-state index >= 15 is 0 Å². The molecule has 0 fully saturated rings. The lowest BCUT2D eigenvalue weighted by Gasteiger charge is -2.32. The molecule has 0 aromatic heterocycles. The lowest BCUT2D eigenvalue weighted by Crippen LogP contribution is -2.32. The second-order valence-corrected chi connectivity index (χ2v) is 4.16. The minimum atomic E-state index is 0.375. The molecule has 0 saturated heterocycles. The third-order valence-corrected chi connectivity index (χ3v) is 3.42. The van der Waals surface area contributed by atoms with Gasteiger partial charge in [0.2, 0.25) is 0 Å². The summed E-state index contributed by atoms with van der Waals surface area (Å²) in [5, 5.41) is 0. The summed E-state index contributed by atoms with van der Waals surface area (Å²) in [4.78, 5) is 2.47. The van der Waals surface area contributed by atoms with E-state index in [2.05, 4.69) is 35.2 Å². The van der Waals surface area contributed by atoms with E-state index in [1.54, 1.807) is 7.11 Å². The molecule has 0 saturated carbocycles. The molecule has 1 unspecified atom stereocenters. The normalized spacial score (nSPS) is 24.3. The number of ether oxygens (including phenoxy) is 1. The van der Waals surface area contributed by atoms with Crippen molar-refractivity contribution in [3.05, 3.63) is 47.2 Å². The molecule has 0 bridgehead atoms. The Balaban J connectivity index is 2.06. The van der Waals surface area contributed by atoms with Gasteiger partial charge < -0.3 is 4.74 Å². The van der Waals surface area contributed by atoms with Crippen LogP contribution in [0, 0.1) is 0 Å². The lowest BCUT2D eigenvalue weighted by atomic mass is 9.93. The average Bonchev–Trinajstić information content (AvgIpc) is 2.72.